The van der Waals surface area contributed by atoms with E-state index in [4.69, 9.17) is 0 Å². The Bertz CT molecular complexity index is 3260. The van der Waals surface area contributed by atoms with Crippen LogP contribution in [0.25, 0.3) is 87.6 Å². The average Bonchev–Trinajstić information content (AvgIpc) is 3.32. The van der Waals surface area contributed by atoms with E-state index in [0.29, 0.717) is 0 Å². The summed E-state index contributed by atoms with van der Waals surface area (Å²) in [5, 5.41) is 10.1. The summed E-state index contributed by atoms with van der Waals surface area (Å²) in [6, 6.07) is 86.2. The van der Waals surface area contributed by atoms with E-state index in [1.807, 2.05) is 0 Å². The number of nitrogens with zero attached hydrogens (tertiary/aromatic N) is 1. The maximum atomic E-state index is 2.44. The zero-order valence-corrected chi connectivity index (χ0v) is 32.5. The molecule has 0 aliphatic carbocycles. The van der Waals surface area contributed by atoms with Crippen LogP contribution >= 0.6 is 0 Å². The molecule has 1 nitrogen and oxygen atoms in total. The lowest BCUT2D eigenvalue weighted by Crippen LogP contribution is -2.11. The molecule has 11 rings (SSSR count). The third-order valence-electron chi connectivity index (χ3n) is 11.9. The third kappa shape index (κ3) is 6.12. The topological polar surface area (TPSA) is 3.24 Å². The van der Waals surface area contributed by atoms with Crippen LogP contribution < -0.4 is 4.90 Å². The highest BCUT2D eigenvalue weighted by Crippen LogP contribution is 2.45. The number of fused-ring (bicyclic) bond motifs is 7. The molecule has 0 N–H and O–H groups in total. The molecule has 0 aromatic heterocycles. The Hall–Kier alpha value is -7.74. The Morgan fingerprint density at radius 3 is 1.37 bits per heavy atom. The lowest BCUT2D eigenvalue weighted by Gasteiger charge is -2.29. The van der Waals surface area contributed by atoms with E-state index in [1.165, 1.54) is 87.6 Å². The summed E-state index contributed by atoms with van der Waals surface area (Å²) in [5.41, 5.74) is 12.9. The average molecular weight is 750 g/mol. The van der Waals surface area contributed by atoms with E-state index in [2.05, 4.69) is 241 Å². The molecule has 1 heteroatoms. The van der Waals surface area contributed by atoms with Gasteiger partial charge in [0.15, 0.2) is 0 Å². The van der Waals surface area contributed by atoms with Gasteiger partial charge in [-0.25, -0.2) is 0 Å². The molecule has 59 heavy (non-hydrogen) atoms. The van der Waals surface area contributed by atoms with Gasteiger partial charge in [-0.05, 0) is 112 Å². The first-order valence-electron chi connectivity index (χ1n) is 20.3. The van der Waals surface area contributed by atoms with Gasteiger partial charge in [-0.3, -0.25) is 0 Å². The molecule has 0 unspecified atom stereocenters. The van der Waals surface area contributed by atoms with Crippen molar-refractivity contribution < 1.29 is 0 Å². The van der Waals surface area contributed by atoms with Gasteiger partial charge < -0.3 is 4.90 Å². The Labute approximate surface area is 344 Å². The summed E-state index contributed by atoms with van der Waals surface area (Å²) < 4.78 is 0. The largest absolute Gasteiger partial charge is 0.310 e. The molecule has 0 saturated heterocycles. The SMILES string of the molecule is c1ccc(-c2ccc(-c3ccccc3N(c3ccc(-c4c(-c5ccccc5)ccc5ccccc45)cc3)c3ccc4c5ccccc5c5ccccc5c4c3)cc2)cc1. The molecular weight excluding hydrogens is 711 g/mol. The summed E-state index contributed by atoms with van der Waals surface area (Å²) in [7, 11) is 0. The summed E-state index contributed by atoms with van der Waals surface area (Å²) in [5.74, 6) is 0. The molecule has 0 radical (unpaired) electrons. The van der Waals surface area contributed by atoms with Crippen LogP contribution in [0, 0.1) is 0 Å². The first kappa shape index (κ1) is 34.5. The van der Waals surface area contributed by atoms with Crippen LogP contribution in [-0.4, -0.2) is 0 Å². The minimum Gasteiger partial charge on any atom is -0.310 e. The van der Waals surface area contributed by atoms with E-state index in [-0.39, 0.29) is 0 Å². The predicted octanol–water partition coefficient (Wildman–Crippen LogP) is 16.4. The van der Waals surface area contributed by atoms with E-state index in [0.717, 1.165) is 17.1 Å². The zero-order chi connectivity index (χ0) is 39.1. The molecule has 0 bridgehead atoms. The van der Waals surface area contributed by atoms with Gasteiger partial charge in [-0.1, -0.05) is 206 Å². The third-order valence-corrected chi connectivity index (χ3v) is 11.9. The highest BCUT2D eigenvalue weighted by Gasteiger charge is 2.20. The standard InChI is InChI=1S/C58H39N/c1-3-15-40(16-4-1)41-27-29-44(30-28-41)48-20-13-14-26-57(48)59(47-36-38-55-53-24-10-9-22-51(53)52-23-11-12-25-54(52)56(55)39-47)46-34-31-45(32-35-46)58-49-21-8-7-19-43(49)33-37-50(58)42-17-5-2-6-18-42/h1-39H. The lowest BCUT2D eigenvalue weighted by atomic mass is 9.89. The van der Waals surface area contributed by atoms with Crippen molar-refractivity contribution in [3.05, 3.63) is 237 Å². The number of hydrogen-bond donors (Lipinski definition) is 0. The van der Waals surface area contributed by atoms with Crippen molar-refractivity contribution in [2.24, 2.45) is 0 Å². The quantitative estimate of drug-likeness (QED) is 0.147. The van der Waals surface area contributed by atoms with Gasteiger partial charge in [-0.15, -0.1) is 0 Å². The number of anilines is 3. The van der Waals surface area contributed by atoms with Gasteiger partial charge in [0.2, 0.25) is 0 Å². The highest BCUT2D eigenvalue weighted by molar-refractivity contribution is 6.26. The van der Waals surface area contributed by atoms with Gasteiger partial charge in [0.25, 0.3) is 0 Å². The van der Waals surface area contributed by atoms with Gasteiger partial charge >= 0.3 is 0 Å². The van der Waals surface area contributed by atoms with Gasteiger partial charge in [0, 0.05) is 16.9 Å². The van der Waals surface area contributed by atoms with E-state index >= 15 is 0 Å². The summed E-state index contributed by atoms with van der Waals surface area (Å²) in [4.78, 5) is 2.44. The van der Waals surface area contributed by atoms with Crippen molar-refractivity contribution in [3.8, 4) is 44.5 Å². The molecule has 0 spiro atoms. The fourth-order valence-corrected chi connectivity index (χ4v) is 9.07. The van der Waals surface area contributed by atoms with E-state index in [9.17, 15) is 0 Å². The number of rotatable bonds is 7. The molecular formula is C58H39N. The van der Waals surface area contributed by atoms with Crippen molar-refractivity contribution in [1.29, 1.82) is 0 Å². The minimum absolute atomic E-state index is 1.09. The summed E-state index contributed by atoms with van der Waals surface area (Å²) in [6.45, 7) is 0. The second-order valence-corrected chi connectivity index (χ2v) is 15.2. The molecule has 0 saturated carbocycles. The molecule has 0 amide bonds. The molecule has 0 aliphatic rings. The van der Waals surface area contributed by atoms with Crippen molar-refractivity contribution >= 4 is 60.2 Å². The van der Waals surface area contributed by atoms with Crippen LogP contribution in [0.15, 0.2) is 237 Å². The smallest absolute Gasteiger partial charge is 0.0540 e. The first-order valence-corrected chi connectivity index (χ1v) is 20.3. The van der Waals surface area contributed by atoms with Crippen molar-refractivity contribution in [1.82, 2.24) is 0 Å². The number of hydrogen-bond acceptors (Lipinski definition) is 1. The molecule has 0 heterocycles. The summed E-state index contributed by atoms with van der Waals surface area (Å²) in [6.07, 6.45) is 0. The second-order valence-electron chi connectivity index (χ2n) is 15.2. The monoisotopic (exact) mass is 749 g/mol. The van der Waals surface area contributed by atoms with Crippen molar-refractivity contribution in [3.63, 3.8) is 0 Å². The van der Waals surface area contributed by atoms with Crippen LogP contribution in [0.3, 0.4) is 0 Å². The van der Waals surface area contributed by atoms with Gasteiger partial charge in [0.1, 0.15) is 0 Å². The van der Waals surface area contributed by atoms with Crippen LogP contribution in [0.2, 0.25) is 0 Å². The van der Waals surface area contributed by atoms with Gasteiger partial charge in [-0.2, -0.15) is 0 Å². The summed E-state index contributed by atoms with van der Waals surface area (Å²) >= 11 is 0. The van der Waals surface area contributed by atoms with Crippen molar-refractivity contribution in [2.75, 3.05) is 4.90 Å². The maximum Gasteiger partial charge on any atom is 0.0540 e. The molecule has 0 aliphatic heterocycles. The van der Waals surface area contributed by atoms with Crippen LogP contribution in [0.5, 0.6) is 0 Å². The molecule has 0 atom stereocenters. The second kappa shape index (κ2) is 14.6. The van der Waals surface area contributed by atoms with Crippen LogP contribution in [-0.2, 0) is 0 Å². The Morgan fingerprint density at radius 2 is 0.695 bits per heavy atom. The Morgan fingerprint density at radius 1 is 0.237 bits per heavy atom. The minimum atomic E-state index is 1.09. The number of benzene rings is 11. The van der Waals surface area contributed by atoms with Crippen molar-refractivity contribution in [2.45, 2.75) is 0 Å². The predicted molar refractivity (Wildman–Crippen MR) is 253 cm³/mol. The number of para-hydroxylation sites is 1. The fraction of sp³-hybridized carbons (Fsp3) is 0. The highest BCUT2D eigenvalue weighted by atomic mass is 15.1. The molecule has 11 aromatic rings. The van der Waals surface area contributed by atoms with Gasteiger partial charge in [0.05, 0.1) is 5.69 Å². The zero-order valence-electron chi connectivity index (χ0n) is 32.5. The maximum absolute atomic E-state index is 2.44. The van der Waals surface area contributed by atoms with E-state index < -0.39 is 0 Å². The van der Waals surface area contributed by atoms with Crippen LogP contribution in [0.1, 0.15) is 0 Å². The van der Waals surface area contributed by atoms with Crippen LogP contribution in [0.4, 0.5) is 17.1 Å². The normalized spacial score (nSPS) is 11.4. The Kier molecular flexibility index (Phi) is 8.56. The fourth-order valence-electron chi connectivity index (χ4n) is 9.07. The lowest BCUT2D eigenvalue weighted by molar-refractivity contribution is 1.29. The Balaban J connectivity index is 1.11. The molecule has 276 valence electrons. The molecule has 0 fully saturated rings. The first-order chi connectivity index (χ1) is 29.3. The van der Waals surface area contributed by atoms with E-state index in [1.54, 1.807) is 0 Å². The molecule has 11 aromatic carbocycles.